The highest BCUT2D eigenvalue weighted by Crippen LogP contribution is 2.15. The first kappa shape index (κ1) is 58.9. The zero-order valence-corrected chi connectivity index (χ0v) is 40.6. The van der Waals surface area contributed by atoms with E-state index in [1.54, 1.807) is 0 Å². The van der Waals surface area contributed by atoms with Crippen LogP contribution in [0.15, 0.2) is 72.9 Å². The molecule has 1 atom stereocenters. The van der Waals surface area contributed by atoms with Gasteiger partial charge in [0, 0.05) is 19.3 Å². The minimum atomic E-state index is -0.783. The van der Waals surface area contributed by atoms with Crippen LogP contribution < -0.4 is 0 Å². The molecule has 0 aliphatic rings. The van der Waals surface area contributed by atoms with Gasteiger partial charge in [-0.1, -0.05) is 216 Å². The van der Waals surface area contributed by atoms with E-state index in [1.165, 1.54) is 89.9 Å². The van der Waals surface area contributed by atoms with Crippen LogP contribution in [0.2, 0.25) is 0 Å². The van der Waals surface area contributed by atoms with Crippen molar-refractivity contribution in [1.82, 2.24) is 0 Å². The zero-order valence-electron chi connectivity index (χ0n) is 40.6. The molecule has 0 aliphatic heterocycles. The SMILES string of the molecule is CC/C=C\C/C=C\C/C=C\C/C=C\C/C=C\CCCCCCCC(=O)OCC(COC(=O)CCCCCCC/C=C\CCCC)OC(=O)CCCCCCCCCCCCCC. The summed E-state index contributed by atoms with van der Waals surface area (Å²) in [6.45, 7) is 6.46. The molecule has 0 aliphatic carbocycles. The van der Waals surface area contributed by atoms with Gasteiger partial charge in [-0.05, 0) is 83.5 Å². The van der Waals surface area contributed by atoms with Crippen LogP contribution in [0, 0.1) is 0 Å². The second-order valence-electron chi connectivity index (χ2n) is 17.1. The van der Waals surface area contributed by atoms with Gasteiger partial charge < -0.3 is 14.2 Å². The van der Waals surface area contributed by atoms with E-state index in [0.29, 0.717) is 19.3 Å². The molecule has 0 heterocycles. The van der Waals surface area contributed by atoms with E-state index in [4.69, 9.17) is 14.2 Å². The molecule has 6 heteroatoms. The van der Waals surface area contributed by atoms with E-state index in [9.17, 15) is 14.4 Å². The quantitative estimate of drug-likeness (QED) is 0.0262. The fourth-order valence-electron chi connectivity index (χ4n) is 7.04. The minimum Gasteiger partial charge on any atom is -0.462 e. The molecule has 356 valence electrons. The lowest BCUT2D eigenvalue weighted by Crippen LogP contribution is -2.30. The lowest BCUT2D eigenvalue weighted by molar-refractivity contribution is -0.167. The van der Waals surface area contributed by atoms with Crippen LogP contribution in [0.5, 0.6) is 0 Å². The third kappa shape index (κ3) is 47.9. The molecule has 0 fully saturated rings. The van der Waals surface area contributed by atoms with Crippen molar-refractivity contribution in [3.63, 3.8) is 0 Å². The highest BCUT2D eigenvalue weighted by atomic mass is 16.6. The second-order valence-corrected chi connectivity index (χ2v) is 17.1. The molecule has 0 spiro atoms. The van der Waals surface area contributed by atoms with Crippen LogP contribution in [0.4, 0.5) is 0 Å². The summed E-state index contributed by atoms with van der Waals surface area (Å²) < 4.78 is 16.8. The van der Waals surface area contributed by atoms with E-state index in [2.05, 4.69) is 93.7 Å². The molecule has 0 aromatic rings. The van der Waals surface area contributed by atoms with Crippen LogP contribution in [0.25, 0.3) is 0 Å². The number of unbranched alkanes of at least 4 members (excludes halogenated alkanes) is 23. The zero-order chi connectivity index (χ0) is 45.1. The molecule has 0 aromatic heterocycles. The lowest BCUT2D eigenvalue weighted by Gasteiger charge is -2.18. The number of ether oxygens (including phenoxy) is 3. The number of esters is 3. The van der Waals surface area contributed by atoms with Gasteiger partial charge in [0.25, 0.3) is 0 Å². The third-order valence-corrected chi connectivity index (χ3v) is 10.9. The topological polar surface area (TPSA) is 78.9 Å². The molecular weight excluding hydrogens is 769 g/mol. The van der Waals surface area contributed by atoms with E-state index < -0.39 is 6.10 Å². The molecule has 62 heavy (non-hydrogen) atoms. The Hall–Kier alpha value is -3.15. The summed E-state index contributed by atoms with van der Waals surface area (Å²) in [6, 6.07) is 0. The number of allylic oxidation sites excluding steroid dienone is 12. The maximum absolute atomic E-state index is 12.8. The Morgan fingerprint density at radius 3 is 1.05 bits per heavy atom. The Bertz CT molecular complexity index is 1180. The van der Waals surface area contributed by atoms with Crippen molar-refractivity contribution in [1.29, 1.82) is 0 Å². The maximum Gasteiger partial charge on any atom is 0.306 e. The first-order chi connectivity index (χ1) is 30.5. The van der Waals surface area contributed by atoms with Gasteiger partial charge in [0.1, 0.15) is 13.2 Å². The van der Waals surface area contributed by atoms with Gasteiger partial charge in [-0.25, -0.2) is 0 Å². The molecule has 0 bridgehead atoms. The first-order valence-electron chi connectivity index (χ1n) is 25.9. The molecule has 0 radical (unpaired) electrons. The number of hydrogen-bond donors (Lipinski definition) is 0. The maximum atomic E-state index is 12.8. The average Bonchev–Trinajstić information content (AvgIpc) is 3.27. The molecule has 0 saturated heterocycles. The van der Waals surface area contributed by atoms with E-state index in [0.717, 1.165) is 116 Å². The highest BCUT2D eigenvalue weighted by molar-refractivity contribution is 5.71. The monoisotopic (exact) mass is 865 g/mol. The average molecular weight is 865 g/mol. The molecule has 1 unspecified atom stereocenters. The van der Waals surface area contributed by atoms with Crippen molar-refractivity contribution in [2.24, 2.45) is 0 Å². The summed E-state index contributed by atoms with van der Waals surface area (Å²) in [4.78, 5) is 37.9. The van der Waals surface area contributed by atoms with Crippen molar-refractivity contribution in [3.05, 3.63) is 72.9 Å². The number of carbonyl (C=O) groups excluding carboxylic acids is 3. The minimum absolute atomic E-state index is 0.0848. The third-order valence-electron chi connectivity index (χ3n) is 10.9. The van der Waals surface area contributed by atoms with Crippen molar-refractivity contribution >= 4 is 17.9 Å². The van der Waals surface area contributed by atoms with Crippen LogP contribution in [0.3, 0.4) is 0 Å². The number of hydrogen-bond acceptors (Lipinski definition) is 6. The summed E-state index contributed by atoms with van der Waals surface area (Å²) in [5, 5.41) is 0. The largest absolute Gasteiger partial charge is 0.462 e. The molecule has 6 nitrogen and oxygen atoms in total. The summed E-state index contributed by atoms with van der Waals surface area (Å²) >= 11 is 0. The van der Waals surface area contributed by atoms with Crippen LogP contribution >= 0.6 is 0 Å². The standard InChI is InChI=1S/C56H96O6/c1-4-7-10-13-16-19-22-24-25-26-27-28-29-30-31-32-35-37-40-43-46-49-55(58)61-52-53(51-60-54(57)48-45-42-39-36-33-21-18-15-12-9-6-3)62-56(59)50-47-44-41-38-34-23-20-17-14-11-8-5-2/h7,10,15-16,18-19,24-25,27-28,30-31,53H,4-6,8-9,11-14,17,20-23,26,29,32-52H2,1-3H3/b10-7-,18-15-,19-16-,25-24-,28-27-,31-30-. The molecule has 0 N–H and O–H groups in total. The molecule has 0 rings (SSSR count). The predicted octanol–water partition coefficient (Wildman–Crippen LogP) is 17.0. The van der Waals surface area contributed by atoms with Gasteiger partial charge in [0.05, 0.1) is 0 Å². The highest BCUT2D eigenvalue weighted by Gasteiger charge is 2.19. The fraction of sp³-hybridized carbons (Fsp3) is 0.732. The van der Waals surface area contributed by atoms with Gasteiger partial charge in [-0.2, -0.15) is 0 Å². The van der Waals surface area contributed by atoms with Crippen molar-refractivity contribution in [2.45, 2.75) is 252 Å². The summed E-state index contributed by atoms with van der Waals surface area (Å²) in [5.41, 5.74) is 0. The van der Waals surface area contributed by atoms with Crippen molar-refractivity contribution < 1.29 is 28.6 Å². The molecular formula is C56H96O6. The van der Waals surface area contributed by atoms with Crippen LogP contribution in [0.1, 0.15) is 245 Å². The van der Waals surface area contributed by atoms with E-state index in [-0.39, 0.29) is 31.1 Å². The van der Waals surface area contributed by atoms with Crippen molar-refractivity contribution in [3.8, 4) is 0 Å². The number of carbonyl (C=O) groups is 3. The predicted molar refractivity (Wildman–Crippen MR) is 265 cm³/mol. The molecule has 0 aromatic carbocycles. The summed E-state index contributed by atoms with van der Waals surface area (Å²) in [6.07, 6.45) is 63.1. The molecule has 0 saturated carbocycles. The Morgan fingerprint density at radius 1 is 0.339 bits per heavy atom. The van der Waals surface area contributed by atoms with Gasteiger partial charge in [-0.3, -0.25) is 14.4 Å². The number of rotatable bonds is 46. The summed E-state index contributed by atoms with van der Waals surface area (Å²) in [5.74, 6) is -0.911. The normalized spacial score (nSPS) is 12.6. The summed E-state index contributed by atoms with van der Waals surface area (Å²) in [7, 11) is 0. The van der Waals surface area contributed by atoms with Gasteiger partial charge >= 0.3 is 17.9 Å². The Kier molecular flexibility index (Phi) is 47.9. The van der Waals surface area contributed by atoms with E-state index in [1.807, 2.05) is 0 Å². The second kappa shape index (κ2) is 50.5. The van der Waals surface area contributed by atoms with Crippen LogP contribution in [-0.4, -0.2) is 37.2 Å². The van der Waals surface area contributed by atoms with Gasteiger partial charge in [0.15, 0.2) is 6.10 Å². The molecule has 0 amide bonds. The lowest BCUT2D eigenvalue weighted by atomic mass is 10.0. The Morgan fingerprint density at radius 2 is 0.645 bits per heavy atom. The van der Waals surface area contributed by atoms with E-state index >= 15 is 0 Å². The van der Waals surface area contributed by atoms with Gasteiger partial charge in [-0.15, -0.1) is 0 Å². The first-order valence-corrected chi connectivity index (χ1v) is 25.9. The van der Waals surface area contributed by atoms with Crippen molar-refractivity contribution in [2.75, 3.05) is 13.2 Å². The van der Waals surface area contributed by atoms with Gasteiger partial charge in [0.2, 0.25) is 0 Å². The van der Waals surface area contributed by atoms with Crippen LogP contribution in [-0.2, 0) is 28.6 Å². The Balaban J connectivity index is 4.36. The Labute approximate surface area is 382 Å². The fourth-order valence-corrected chi connectivity index (χ4v) is 7.04. The smallest absolute Gasteiger partial charge is 0.306 e.